The van der Waals surface area contributed by atoms with Gasteiger partial charge in [-0.2, -0.15) is 0 Å². The third-order valence-corrected chi connectivity index (χ3v) is 4.80. The summed E-state index contributed by atoms with van der Waals surface area (Å²) >= 11 is 0. The summed E-state index contributed by atoms with van der Waals surface area (Å²) in [6.07, 6.45) is 8.10. The summed E-state index contributed by atoms with van der Waals surface area (Å²) in [5, 5.41) is 16.6. The number of anilines is 2. The third-order valence-electron chi connectivity index (χ3n) is 4.80. The number of carbonyl (C=O) groups is 1. The second-order valence-corrected chi connectivity index (χ2v) is 6.78. The zero-order valence-corrected chi connectivity index (χ0v) is 14.8. The molecule has 1 aromatic carbocycles. The molecule has 138 valence electrons. The molecule has 1 amide bonds. The first-order valence-corrected chi connectivity index (χ1v) is 9.11. The second kappa shape index (κ2) is 7.67. The lowest BCUT2D eigenvalue weighted by atomic mass is 9.93. The molecule has 2 aromatic heterocycles. The molecular weight excluding hydrogens is 342 g/mol. The van der Waals surface area contributed by atoms with Crippen LogP contribution >= 0.6 is 0 Å². The highest BCUT2D eigenvalue weighted by Crippen LogP contribution is 2.23. The SMILES string of the molecule is O=C(Nc1cccnc1)c1cccc2cnc(N[C@H]3CC[C@H](O)CC3)nc12. The number of aromatic nitrogens is 3. The Kier molecular flexibility index (Phi) is 4.93. The van der Waals surface area contributed by atoms with Gasteiger partial charge in [0, 0.05) is 23.8 Å². The number of aliphatic hydroxyl groups is 1. The molecule has 7 nitrogen and oxygen atoms in total. The molecule has 3 aromatic rings. The molecule has 2 heterocycles. The van der Waals surface area contributed by atoms with Gasteiger partial charge in [-0.05, 0) is 43.9 Å². The number of nitrogens with zero attached hydrogens (tertiary/aromatic N) is 3. The van der Waals surface area contributed by atoms with Crippen LogP contribution in [0.1, 0.15) is 36.0 Å². The third kappa shape index (κ3) is 4.03. The number of pyridine rings is 1. The zero-order chi connectivity index (χ0) is 18.6. The van der Waals surface area contributed by atoms with E-state index in [0.717, 1.165) is 31.1 Å². The Bertz CT molecular complexity index is 940. The number of fused-ring (bicyclic) bond motifs is 1. The standard InChI is InChI=1S/C20H21N5O2/c26-16-8-6-14(7-9-16)24-20-22-11-13-3-1-5-17(18(13)25-20)19(27)23-15-4-2-10-21-12-15/h1-5,10-12,14,16,26H,6-9H2,(H,23,27)(H,22,24,25)/t14-,16-. The van der Waals surface area contributed by atoms with E-state index >= 15 is 0 Å². The molecule has 7 heteroatoms. The Morgan fingerprint density at radius 3 is 2.70 bits per heavy atom. The van der Waals surface area contributed by atoms with Crippen molar-refractivity contribution in [2.24, 2.45) is 0 Å². The minimum Gasteiger partial charge on any atom is -0.393 e. The number of carbonyl (C=O) groups excluding carboxylic acids is 1. The van der Waals surface area contributed by atoms with Gasteiger partial charge in [-0.15, -0.1) is 0 Å². The summed E-state index contributed by atoms with van der Waals surface area (Å²) < 4.78 is 0. The highest BCUT2D eigenvalue weighted by Gasteiger charge is 2.20. The summed E-state index contributed by atoms with van der Waals surface area (Å²) in [6.45, 7) is 0. The monoisotopic (exact) mass is 363 g/mol. The predicted molar refractivity (Wildman–Crippen MR) is 104 cm³/mol. The number of para-hydroxylation sites is 1. The Balaban J connectivity index is 1.58. The van der Waals surface area contributed by atoms with Crippen LogP contribution in [0.3, 0.4) is 0 Å². The molecule has 27 heavy (non-hydrogen) atoms. The average Bonchev–Trinajstić information content (AvgIpc) is 2.70. The molecule has 1 fully saturated rings. The topological polar surface area (TPSA) is 100 Å². The molecule has 0 spiro atoms. The Hall–Kier alpha value is -3.06. The largest absolute Gasteiger partial charge is 0.393 e. The highest BCUT2D eigenvalue weighted by atomic mass is 16.3. The van der Waals surface area contributed by atoms with Crippen molar-refractivity contribution in [3.8, 4) is 0 Å². The van der Waals surface area contributed by atoms with Crippen molar-refractivity contribution in [3.05, 3.63) is 54.5 Å². The number of aliphatic hydroxyl groups excluding tert-OH is 1. The van der Waals surface area contributed by atoms with E-state index in [1.807, 2.05) is 12.1 Å². The first-order chi connectivity index (χ1) is 13.2. The summed E-state index contributed by atoms with van der Waals surface area (Å²) in [5.74, 6) is 0.268. The molecule has 0 atom stereocenters. The fraction of sp³-hybridized carbons (Fsp3) is 0.300. The Morgan fingerprint density at radius 2 is 1.93 bits per heavy atom. The maximum absolute atomic E-state index is 12.7. The average molecular weight is 363 g/mol. The molecule has 1 aliphatic rings. The molecule has 0 bridgehead atoms. The van der Waals surface area contributed by atoms with E-state index in [-0.39, 0.29) is 18.1 Å². The van der Waals surface area contributed by atoms with Crippen LogP contribution in [0.15, 0.2) is 48.9 Å². The minimum absolute atomic E-state index is 0.205. The van der Waals surface area contributed by atoms with Crippen molar-refractivity contribution >= 4 is 28.4 Å². The summed E-state index contributed by atoms with van der Waals surface area (Å²) in [5.41, 5.74) is 1.72. The molecule has 0 radical (unpaired) electrons. The van der Waals surface area contributed by atoms with Crippen molar-refractivity contribution in [2.45, 2.75) is 37.8 Å². The van der Waals surface area contributed by atoms with Crippen LogP contribution in [0.25, 0.3) is 10.9 Å². The highest BCUT2D eigenvalue weighted by molar-refractivity contribution is 6.11. The maximum Gasteiger partial charge on any atom is 0.257 e. The van der Waals surface area contributed by atoms with Crippen molar-refractivity contribution in [2.75, 3.05) is 10.6 Å². The van der Waals surface area contributed by atoms with Crippen LogP contribution in [-0.2, 0) is 0 Å². The van der Waals surface area contributed by atoms with Crippen molar-refractivity contribution in [3.63, 3.8) is 0 Å². The van der Waals surface area contributed by atoms with E-state index < -0.39 is 0 Å². The lowest BCUT2D eigenvalue weighted by Crippen LogP contribution is -2.29. The number of rotatable bonds is 4. The number of hydrogen-bond acceptors (Lipinski definition) is 6. The van der Waals surface area contributed by atoms with E-state index in [1.165, 1.54) is 0 Å². The van der Waals surface area contributed by atoms with Crippen LogP contribution in [0.5, 0.6) is 0 Å². The van der Waals surface area contributed by atoms with Gasteiger partial charge in [0.2, 0.25) is 5.95 Å². The molecule has 3 N–H and O–H groups in total. The van der Waals surface area contributed by atoms with Crippen molar-refractivity contribution in [1.82, 2.24) is 15.0 Å². The van der Waals surface area contributed by atoms with E-state index in [2.05, 4.69) is 25.6 Å². The van der Waals surface area contributed by atoms with Crippen LogP contribution in [0, 0.1) is 0 Å². The Morgan fingerprint density at radius 1 is 1.07 bits per heavy atom. The van der Waals surface area contributed by atoms with E-state index in [1.54, 1.807) is 36.8 Å². The molecule has 1 aliphatic carbocycles. The summed E-state index contributed by atoms with van der Waals surface area (Å²) in [7, 11) is 0. The fourth-order valence-electron chi connectivity index (χ4n) is 3.35. The van der Waals surface area contributed by atoms with E-state index in [0.29, 0.717) is 22.7 Å². The van der Waals surface area contributed by atoms with Gasteiger partial charge >= 0.3 is 0 Å². The van der Waals surface area contributed by atoms with Gasteiger partial charge in [0.1, 0.15) is 0 Å². The molecule has 0 aliphatic heterocycles. The maximum atomic E-state index is 12.7. The lowest BCUT2D eigenvalue weighted by Gasteiger charge is -2.26. The summed E-state index contributed by atoms with van der Waals surface area (Å²) in [6, 6.07) is 9.25. The minimum atomic E-state index is -0.237. The first-order valence-electron chi connectivity index (χ1n) is 9.11. The molecule has 1 saturated carbocycles. The van der Waals surface area contributed by atoms with Crippen LogP contribution in [0.4, 0.5) is 11.6 Å². The van der Waals surface area contributed by atoms with Crippen molar-refractivity contribution < 1.29 is 9.90 Å². The number of hydrogen-bond donors (Lipinski definition) is 3. The van der Waals surface area contributed by atoms with E-state index in [9.17, 15) is 9.90 Å². The lowest BCUT2D eigenvalue weighted by molar-refractivity contribution is 0.102. The fourth-order valence-corrected chi connectivity index (χ4v) is 3.35. The van der Waals surface area contributed by atoms with Gasteiger partial charge in [0.05, 0.1) is 29.1 Å². The molecular formula is C20H21N5O2. The van der Waals surface area contributed by atoms with Crippen LogP contribution in [0.2, 0.25) is 0 Å². The first kappa shape index (κ1) is 17.4. The van der Waals surface area contributed by atoms with Crippen LogP contribution < -0.4 is 10.6 Å². The predicted octanol–water partition coefficient (Wildman–Crippen LogP) is 2.99. The van der Waals surface area contributed by atoms with Gasteiger partial charge in [0.25, 0.3) is 5.91 Å². The molecule has 0 unspecified atom stereocenters. The molecule has 4 rings (SSSR count). The number of nitrogens with one attached hydrogen (secondary N) is 2. The van der Waals surface area contributed by atoms with Crippen molar-refractivity contribution in [1.29, 1.82) is 0 Å². The van der Waals surface area contributed by atoms with Gasteiger partial charge in [-0.25, -0.2) is 9.97 Å². The van der Waals surface area contributed by atoms with Gasteiger partial charge in [-0.3, -0.25) is 9.78 Å². The van der Waals surface area contributed by atoms with Gasteiger partial charge in [0.15, 0.2) is 0 Å². The number of amides is 1. The molecule has 0 saturated heterocycles. The quantitative estimate of drug-likeness (QED) is 0.659. The summed E-state index contributed by atoms with van der Waals surface area (Å²) in [4.78, 5) is 25.7. The Labute approximate surface area is 156 Å². The zero-order valence-electron chi connectivity index (χ0n) is 14.8. The van der Waals surface area contributed by atoms with E-state index in [4.69, 9.17) is 0 Å². The number of benzene rings is 1. The van der Waals surface area contributed by atoms with Crippen LogP contribution in [-0.4, -0.2) is 38.1 Å². The van der Waals surface area contributed by atoms with Gasteiger partial charge < -0.3 is 15.7 Å². The normalized spacial score (nSPS) is 19.6. The smallest absolute Gasteiger partial charge is 0.257 e. The van der Waals surface area contributed by atoms with Gasteiger partial charge in [-0.1, -0.05) is 12.1 Å². The second-order valence-electron chi connectivity index (χ2n) is 6.78.